The lowest BCUT2D eigenvalue weighted by Crippen LogP contribution is -2.15. The molecule has 0 amide bonds. The minimum atomic E-state index is -0.641. The van der Waals surface area contributed by atoms with Crippen LogP contribution in [0.1, 0.15) is 16.2 Å². The highest BCUT2D eigenvalue weighted by Crippen LogP contribution is 2.04. The lowest BCUT2D eigenvalue weighted by molar-refractivity contribution is 0.0593. The number of rotatable bonds is 1. The average Bonchev–Trinajstić information content (AvgIpc) is 2.58. The number of ether oxygens (including phenoxy) is 2. The summed E-state index contributed by atoms with van der Waals surface area (Å²) in [4.78, 5) is 22.1. The van der Waals surface area contributed by atoms with E-state index in [9.17, 15) is 9.59 Å². The van der Waals surface area contributed by atoms with Crippen molar-refractivity contribution >= 4 is 12.1 Å². The summed E-state index contributed by atoms with van der Waals surface area (Å²) in [5, 5.41) is 3.72. The maximum Gasteiger partial charge on any atom is 0.434 e. The fraction of sp³-hybridized carbons (Fsp3) is 0.375. The smallest absolute Gasteiger partial charge is 0.434 e. The third-order valence-electron chi connectivity index (χ3n) is 1.63. The van der Waals surface area contributed by atoms with Crippen LogP contribution in [0.15, 0.2) is 6.07 Å². The van der Waals surface area contributed by atoms with Gasteiger partial charge in [-0.15, -0.1) is 0 Å². The van der Waals surface area contributed by atoms with Crippen LogP contribution >= 0.6 is 0 Å². The first kappa shape index (κ1) is 10.2. The Morgan fingerprint density at radius 1 is 1.36 bits per heavy atom. The summed E-state index contributed by atoms with van der Waals surface area (Å²) in [5.41, 5.74) is 0.590. The Labute approximate surface area is 80.4 Å². The number of esters is 1. The Hall–Kier alpha value is -1.85. The van der Waals surface area contributed by atoms with Crippen LogP contribution in [-0.4, -0.2) is 36.1 Å². The number of hydrogen-bond donors (Lipinski definition) is 0. The van der Waals surface area contributed by atoms with Crippen molar-refractivity contribution in [3.05, 3.63) is 17.5 Å². The fourth-order valence-corrected chi connectivity index (χ4v) is 0.950. The van der Waals surface area contributed by atoms with Crippen molar-refractivity contribution in [2.45, 2.75) is 6.92 Å². The van der Waals surface area contributed by atoms with Crippen LogP contribution in [0.3, 0.4) is 0 Å². The summed E-state index contributed by atoms with van der Waals surface area (Å²) in [6, 6.07) is 1.45. The molecule has 76 valence electrons. The van der Waals surface area contributed by atoms with Crippen LogP contribution in [0.4, 0.5) is 4.79 Å². The molecule has 6 heteroatoms. The van der Waals surface area contributed by atoms with Gasteiger partial charge >= 0.3 is 12.1 Å². The van der Waals surface area contributed by atoms with Crippen molar-refractivity contribution in [3.63, 3.8) is 0 Å². The van der Waals surface area contributed by atoms with Gasteiger partial charge in [-0.1, -0.05) is 0 Å². The Kier molecular flexibility index (Phi) is 2.85. The Balaban J connectivity index is 3.05. The molecule has 0 aromatic carbocycles. The van der Waals surface area contributed by atoms with Crippen molar-refractivity contribution in [3.8, 4) is 0 Å². The number of nitrogens with zero attached hydrogens (tertiary/aromatic N) is 2. The van der Waals surface area contributed by atoms with Gasteiger partial charge in [-0.05, 0) is 13.0 Å². The largest absolute Gasteiger partial charge is 0.464 e. The van der Waals surface area contributed by atoms with Crippen LogP contribution in [0.2, 0.25) is 0 Å². The van der Waals surface area contributed by atoms with E-state index in [1.165, 1.54) is 20.3 Å². The van der Waals surface area contributed by atoms with Gasteiger partial charge in [-0.2, -0.15) is 9.78 Å². The van der Waals surface area contributed by atoms with Crippen molar-refractivity contribution in [1.29, 1.82) is 0 Å². The van der Waals surface area contributed by atoms with Crippen molar-refractivity contribution in [2.75, 3.05) is 14.2 Å². The molecule has 0 saturated heterocycles. The number of carbonyl (C=O) groups is 2. The number of aromatic nitrogens is 2. The summed E-state index contributed by atoms with van der Waals surface area (Å²) >= 11 is 0. The van der Waals surface area contributed by atoms with Gasteiger partial charge in [-0.25, -0.2) is 9.59 Å². The van der Waals surface area contributed by atoms with Gasteiger partial charge in [0, 0.05) is 5.69 Å². The SMILES string of the molecule is COC(=O)c1cc(C)n(C(=O)OC)n1. The Morgan fingerprint density at radius 2 is 2.00 bits per heavy atom. The number of methoxy groups -OCH3 is 2. The predicted octanol–water partition coefficient (Wildman–Crippen LogP) is 0.593. The summed E-state index contributed by atoms with van der Waals surface area (Å²) in [6.45, 7) is 1.64. The van der Waals surface area contributed by atoms with Gasteiger partial charge in [0.2, 0.25) is 0 Å². The quantitative estimate of drug-likeness (QED) is 0.617. The second-order valence-corrected chi connectivity index (χ2v) is 2.54. The molecule has 0 aliphatic rings. The molecule has 0 aliphatic carbocycles. The van der Waals surface area contributed by atoms with Crippen LogP contribution in [0.25, 0.3) is 0 Å². The molecule has 0 radical (unpaired) electrons. The third-order valence-corrected chi connectivity index (χ3v) is 1.63. The van der Waals surface area contributed by atoms with Gasteiger partial charge in [0.15, 0.2) is 5.69 Å². The molecule has 1 aromatic heterocycles. The third kappa shape index (κ3) is 1.73. The molecule has 1 rings (SSSR count). The highest BCUT2D eigenvalue weighted by Gasteiger charge is 2.16. The summed E-state index contributed by atoms with van der Waals surface area (Å²) in [5.74, 6) is -0.587. The van der Waals surface area contributed by atoms with E-state index in [0.717, 1.165) is 4.68 Å². The van der Waals surface area contributed by atoms with Gasteiger partial charge in [-0.3, -0.25) is 0 Å². The zero-order valence-electron chi connectivity index (χ0n) is 8.10. The molecule has 6 nitrogen and oxygen atoms in total. The van der Waals surface area contributed by atoms with Crippen molar-refractivity contribution in [2.24, 2.45) is 0 Å². The molecule has 0 aliphatic heterocycles. The summed E-state index contributed by atoms with van der Waals surface area (Å²) in [7, 11) is 2.48. The first-order valence-electron chi connectivity index (χ1n) is 3.83. The number of carbonyl (C=O) groups excluding carboxylic acids is 2. The number of aryl methyl sites for hydroxylation is 1. The van der Waals surface area contributed by atoms with E-state index < -0.39 is 12.1 Å². The average molecular weight is 198 g/mol. The molecular weight excluding hydrogens is 188 g/mol. The van der Waals surface area contributed by atoms with Gasteiger partial charge in [0.1, 0.15) is 0 Å². The van der Waals surface area contributed by atoms with Crippen molar-refractivity contribution in [1.82, 2.24) is 9.78 Å². The van der Waals surface area contributed by atoms with E-state index in [1.54, 1.807) is 6.92 Å². The maximum atomic E-state index is 11.1. The molecule has 0 spiro atoms. The van der Waals surface area contributed by atoms with E-state index in [0.29, 0.717) is 5.69 Å². The lowest BCUT2D eigenvalue weighted by Gasteiger charge is -1.98. The fourth-order valence-electron chi connectivity index (χ4n) is 0.950. The monoisotopic (exact) mass is 198 g/mol. The van der Waals surface area contributed by atoms with E-state index in [2.05, 4.69) is 14.6 Å². The van der Waals surface area contributed by atoms with Crippen LogP contribution in [0, 0.1) is 6.92 Å². The first-order chi connectivity index (χ1) is 6.60. The topological polar surface area (TPSA) is 70.4 Å². The Morgan fingerprint density at radius 3 is 2.50 bits per heavy atom. The first-order valence-corrected chi connectivity index (χ1v) is 3.83. The predicted molar refractivity (Wildman–Crippen MR) is 46.1 cm³/mol. The molecule has 0 bridgehead atoms. The molecule has 0 fully saturated rings. The Bertz CT molecular complexity index is 369. The molecular formula is C8H10N2O4. The summed E-state index contributed by atoms with van der Waals surface area (Å²) < 4.78 is 9.90. The summed E-state index contributed by atoms with van der Waals surface area (Å²) in [6.07, 6.45) is -0.641. The second kappa shape index (κ2) is 3.91. The van der Waals surface area contributed by atoms with Crippen LogP contribution in [0.5, 0.6) is 0 Å². The normalized spacial score (nSPS) is 9.64. The molecule has 0 unspecified atom stereocenters. The van der Waals surface area contributed by atoms with Gasteiger partial charge in [0.25, 0.3) is 0 Å². The molecule has 1 aromatic rings. The molecule has 1 heterocycles. The minimum absolute atomic E-state index is 0.0791. The van der Waals surface area contributed by atoms with Crippen LogP contribution in [-0.2, 0) is 9.47 Å². The van der Waals surface area contributed by atoms with E-state index in [-0.39, 0.29) is 5.69 Å². The van der Waals surface area contributed by atoms with Gasteiger partial charge < -0.3 is 9.47 Å². The highest BCUT2D eigenvalue weighted by atomic mass is 16.5. The molecule has 0 N–H and O–H groups in total. The van der Waals surface area contributed by atoms with E-state index in [4.69, 9.17) is 0 Å². The number of hydrogen-bond acceptors (Lipinski definition) is 5. The zero-order valence-corrected chi connectivity index (χ0v) is 8.10. The van der Waals surface area contributed by atoms with Crippen LogP contribution < -0.4 is 0 Å². The van der Waals surface area contributed by atoms with E-state index in [1.807, 2.05) is 0 Å². The maximum absolute atomic E-state index is 11.1. The van der Waals surface area contributed by atoms with Gasteiger partial charge in [0.05, 0.1) is 14.2 Å². The second-order valence-electron chi connectivity index (χ2n) is 2.54. The zero-order chi connectivity index (χ0) is 10.7. The standard InChI is InChI=1S/C8H10N2O4/c1-5-4-6(7(11)13-2)9-10(5)8(12)14-3/h4H,1-3H3. The molecule has 14 heavy (non-hydrogen) atoms. The highest BCUT2D eigenvalue weighted by molar-refractivity contribution is 5.88. The van der Waals surface area contributed by atoms with Crippen molar-refractivity contribution < 1.29 is 19.1 Å². The lowest BCUT2D eigenvalue weighted by atomic mass is 10.4. The minimum Gasteiger partial charge on any atom is -0.464 e. The molecule has 0 saturated carbocycles. The molecule has 0 atom stereocenters. The van der Waals surface area contributed by atoms with E-state index >= 15 is 0 Å².